The molecule has 0 aliphatic carbocycles. The van der Waals surface area contributed by atoms with Gasteiger partial charge in [0, 0.05) is 31.9 Å². The fourth-order valence-corrected chi connectivity index (χ4v) is 4.32. The maximum atomic E-state index is 9.08. The zero-order chi connectivity index (χ0) is 26.5. The third-order valence-electron chi connectivity index (χ3n) is 6.27. The topological polar surface area (TPSA) is 123 Å². The fourth-order valence-electron chi connectivity index (χ4n) is 4.32. The predicted octanol–water partition coefficient (Wildman–Crippen LogP) is 4.84. The Kier molecular flexibility index (Phi) is 7.12. The molecular weight excluding hydrogens is 476 g/mol. The number of ether oxygens (including phenoxy) is 1. The second-order valence-corrected chi connectivity index (χ2v) is 9.02. The summed E-state index contributed by atoms with van der Waals surface area (Å²) in [6.07, 6.45) is 0. The standard InChI is InChI=1S/C29H26N8O/c1-19-15-24(23-7-3-21(17-30)4-8-23)16-20(2)26(19)38-29-35-27(33-25-9-5-22(18-31)6-10-25)34-28(36-29)37-13-11-32-12-14-37/h3-10,15-16,32H,11-14H2,1-2H3,(H,33,34,35,36). The summed E-state index contributed by atoms with van der Waals surface area (Å²) in [5.74, 6) is 1.58. The number of aryl methyl sites for hydroxylation is 2. The normalized spacial score (nSPS) is 12.9. The van der Waals surface area contributed by atoms with Crippen molar-refractivity contribution < 1.29 is 4.74 Å². The van der Waals surface area contributed by atoms with Crippen molar-refractivity contribution in [1.82, 2.24) is 20.3 Å². The van der Waals surface area contributed by atoms with E-state index in [0.29, 0.717) is 28.8 Å². The monoisotopic (exact) mass is 502 g/mol. The Morgan fingerprint density at radius 3 is 2.03 bits per heavy atom. The van der Waals surface area contributed by atoms with E-state index in [2.05, 4.69) is 54.8 Å². The minimum atomic E-state index is 0.196. The average molecular weight is 503 g/mol. The molecule has 1 aromatic heterocycles. The molecular formula is C29H26N8O. The Morgan fingerprint density at radius 2 is 1.42 bits per heavy atom. The SMILES string of the molecule is Cc1cc(-c2ccc(C#N)cc2)cc(C)c1Oc1nc(Nc2ccc(C#N)cc2)nc(N2CCNCC2)n1. The minimum Gasteiger partial charge on any atom is -0.424 e. The van der Waals surface area contributed by atoms with Gasteiger partial charge in [-0.25, -0.2) is 0 Å². The third-order valence-corrected chi connectivity index (χ3v) is 6.27. The zero-order valence-corrected chi connectivity index (χ0v) is 21.2. The number of benzene rings is 3. The van der Waals surface area contributed by atoms with Gasteiger partial charge in [0.1, 0.15) is 5.75 Å². The summed E-state index contributed by atoms with van der Waals surface area (Å²) in [5.41, 5.74) is 5.90. The molecule has 0 atom stereocenters. The van der Waals surface area contributed by atoms with Crippen LogP contribution in [0.25, 0.3) is 11.1 Å². The number of nitrogens with zero attached hydrogens (tertiary/aromatic N) is 6. The molecule has 0 saturated carbocycles. The Balaban J connectivity index is 1.46. The van der Waals surface area contributed by atoms with E-state index in [0.717, 1.165) is 54.1 Å². The molecule has 4 aromatic rings. The number of piperazine rings is 1. The van der Waals surface area contributed by atoms with Gasteiger partial charge in [-0.2, -0.15) is 25.5 Å². The van der Waals surface area contributed by atoms with Crippen molar-refractivity contribution in [3.63, 3.8) is 0 Å². The van der Waals surface area contributed by atoms with Crippen molar-refractivity contribution in [2.75, 3.05) is 36.4 Å². The molecule has 0 amide bonds. The van der Waals surface area contributed by atoms with Crippen molar-refractivity contribution >= 4 is 17.6 Å². The first-order chi connectivity index (χ1) is 18.5. The van der Waals surface area contributed by atoms with Crippen LogP contribution in [0.15, 0.2) is 60.7 Å². The fraction of sp³-hybridized carbons (Fsp3) is 0.207. The number of nitriles is 2. The van der Waals surface area contributed by atoms with E-state index in [4.69, 9.17) is 15.3 Å². The van der Waals surface area contributed by atoms with E-state index in [1.165, 1.54) is 0 Å². The van der Waals surface area contributed by atoms with Gasteiger partial charge < -0.3 is 20.3 Å². The molecule has 2 N–H and O–H groups in total. The number of anilines is 3. The maximum Gasteiger partial charge on any atom is 0.328 e. The highest BCUT2D eigenvalue weighted by molar-refractivity contribution is 5.68. The number of nitrogens with one attached hydrogen (secondary N) is 2. The second kappa shape index (κ2) is 11.0. The first-order valence-corrected chi connectivity index (χ1v) is 12.3. The van der Waals surface area contributed by atoms with Gasteiger partial charge in [-0.15, -0.1) is 0 Å². The summed E-state index contributed by atoms with van der Waals surface area (Å²) >= 11 is 0. The Hall–Kier alpha value is -4.99. The molecule has 1 aliphatic heterocycles. The molecule has 0 spiro atoms. The lowest BCUT2D eigenvalue weighted by atomic mass is 9.99. The molecule has 9 nitrogen and oxygen atoms in total. The van der Waals surface area contributed by atoms with Crippen molar-refractivity contribution in [2.24, 2.45) is 0 Å². The van der Waals surface area contributed by atoms with Gasteiger partial charge in [-0.3, -0.25) is 0 Å². The van der Waals surface area contributed by atoms with E-state index >= 15 is 0 Å². The molecule has 9 heteroatoms. The molecule has 0 radical (unpaired) electrons. The number of aromatic nitrogens is 3. The van der Waals surface area contributed by atoms with Crippen LogP contribution in [0, 0.1) is 36.5 Å². The van der Waals surface area contributed by atoms with Gasteiger partial charge in [-0.05, 0) is 84.6 Å². The van der Waals surface area contributed by atoms with Crippen LogP contribution < -0.4 is 20.3 Å². The van der Waals surface area contributed by atoms with Gasteiger partial charge in [0.25, 0.3) is 0 Å². The predicted molar refractivity (Wildman–Crippen MR) is 145 cm³/mol. The number of hydrogen-bond acceptors (Lipinski definition) is 9. The van der Waals surface area contributed by atoms with Crippen molar-refractivity contribution in [1.29, 1.82) is 10.5 Å². The second-order valence-electron chi connectivity index (χ2n) is 9.02. The van der Waals surface area contributed by atoms with E-state index < -0.39 is 0 Å². The lowest BCUT2D eigenvalue weighted by molar-refractivity contribution is 0.433. The summed E-state index contributed by atoms with van der Waals surface area (Å²) in [5, 5.41) is 24.7. The van der Waals surface area contributed by atoms with Crippen molar-refractivity contribution in [3.05, 3.63) is 82.9 Å². The molecule has 0 unspecified atom stereocenters. The first-order valence-electron chi connectivity index (χ1n) is 12.3. The Bertz CT molecular complexity index is 1510. The molecule has 0 bridgehead atoms. The Labute approximate surface area is 221 Å². The van der Waals surface area contributed by atoms with Crippen LogP contribution in [0.2, 0.25) is 0 Å². The quantitative estimate of drug-likeness (QED) is 0.381. The van der Waals surface area contributed by atoms with Crippen LogP contribution in [0.5, 0.6) is 11.8 Å². The molecule has 1 fully saturated rings. The van der Waals surface area contributed by atoms with Gasteiger partial charge in [-0.1, -0.05) is 12.1 Å². The van der Waals surface area contributed by atoms with Crippen molar-refractivity contribution in [2.45, 2.75) is 13.8 Å². The van der Waals surface area contributed by atoms with E-state index in [1.54, 1.807) is 12.1 Å². The van der Waals surface area contributed by atoms with Crippen LogP contribution >= 0.6 is 0 Å². The largest absolute Gasteiger partial charge is 0.424 e. The highest BCUT2D eigenvalue weighted by Crippen LogP contribution is 2.33. The average Bonchev–Trinajstić information content (AvgIpc) is 2.95. The van der Waals surface area contributed by atoms with Crippen LogP contribution in [0.4, 0.5) is 17.6 Å². The summed E-state index contributed by atoms with van der Waals surface area (Å²) < 4.78 is 6.28. The van der Waals surface area contributed by atoms with Crippen LogP contribution in [-0.4, -0.2) is 41.1 Å². The Morgan fingerprint density at radius 1 is 0.816 bits per heavy atom. The smallest absolute Gasteiger partial charge is 0.328 e. The highest BCUT2D eigenvalue weighted by Gasteiger charge is 2.18. The van der Waals surface area contributed by atoms with Crippen LogP contribution in [-0.2, 0) is 0 Å². The molecule has 3 aromatic carbocycles. The molecule has 188 valence electrons. The van der Waals surface area contributed by atoms with E-state index in [1.807, 2.05) is 50.2 Å². The van der Waals surface area contributed by atoms with Gasteiger partial charge >= 0.3 is 6.01 Å². The molecule has 5 rings (SSSR count). The maximum absolute atomic E-state index is 9.08. The lowest BCUT2D eigenvalue weighted by Gasteiger charge is -2.27. The highest BCUT2D eigenvalue weighted by atomic mass is 16.5. The van der Waals surface area contributed by atoms with E-state index in [9.17, 15) is 0 Å². The zero-order valence-electron chi connectivity index (χ0n) is 21.2. The lowest BCUT2D eigenvalue weighted by Crippen LogP contribution is -2.44. The first kappa shape index (κ1) is 24.7. The van der Waals surface area contributed by atoms with Crippen LogP contribution in [0.3, 0.4) is 0 Å². The number of hydrogen-bond donors (Lipinski definition) is 2. The van der Waals surface area contributed by atoms with Gasteiger partial charge in [0.2, 0.25) is 11.9 Å². The molecule has 1 saturated heterocycles. The van der Waals surface area contributed by atoms with E-state index in [-0.39, 0.29) is 6.01 Å². The summed E-state index contributed by atoms with van der Waals surface area (Å²) in [6.45, 7) is 7.21. The summed E-state index contributed by atoms with van der Waals surface area (Å²) in [4.78, 5) is 15.9. The van der Waals surface area contributed by atoms with Gasteiger partial charge in [0.15, 0.2) is 0 Å². The summed E-state index contributed by atoms with van der Waals surface area (Å²) in [7, 11) is 0. The molecule has 1 aliphatic rings. The van der Waals surface area contributed by atoms with Gasteiger partial charge in [0.05, 0.1) is 23.3 Å². The number of rotatable bonds is 6. The molecule has 38 heavy (non-hydrogen) atoms. The summed E-state index contributed by atoms with van der Waals surface area (Å²) in [6, 6.07) is 23.2. The van der Waals surface area contributed by atoms with Crippen molar-refractivity contribution in [3.8, 4) is 35.0 Å². The van der Waals surface area contributed by atoms with Crippen LogP contribution in [0.1, 0.15) is 22.3 Å². The molecule has 2 heterocycles. The third kappa shape index (κ3) is 5.54. The minimum absolute atomic E-state index is 0.196.